The number of nitrogens with two attached hydrogens (primary N) is 1. The fourth-order valence-electron chi connectivity index (χ4n) is 2.40. The van der Waals surface area contributed by atoms with Gasteiger partial charge in [-0.2, -0.15) is 0 Å². The Kier molecular flexibility index (Phi) is 3.30. The van der Waals surface area contributed by atoms with Crippen molar-refractivity contribution in [2.24, 2.45) is 5.73 Å². The van der Waals surface area contributed by atoms with E-state index in [0.717, 1.165) is 52.0 Å². The molecule has 4 heteroatoms. The normalized spacial score (nSPS) is 24.9. The van der Waals surface area contributed by atoms with Crippen molar-refractivity contribution < 1.29 is 4.79 Å². The molecule has 1 saturated carbocycles. The Morgan fingerprint density at radius 1 is 1.31 bits per heavy atom. The molecule has 1 heterocycles. The second kappa shape index (κ2) is 4.55. The maximum atomic E-state index is 12.1. The third-order valence-electron chi connectivity index (χ3n) is 3.72. The van der Waals surface area contributed by atoms with Crippen molar-refractivity contribution in [1.82, 2.24) is 9.80 Å². The Labute approximate surface area is 97.1 Å². The lowest BCUT2D eigenvalue weighted by Crippen LogP contribution is -2.62. The van der Waals surface area contributed by atoms with Crippen LogP contribution in [0, 0.1) is 0 Å². The zero-order valence-electron chi connectivity index (χ0n) is 9.82. The molecule has 4 nitrogen and oxygen atoms in total. The van der Waals surface area contributed by atoms with Gasteiger partial charge in [0.15, 0.2) is 0 Å². The van der Waals surface area contributed by atoms with E-state index in [2.05, 4.69) is 11.5 Å². The van der Waals surface area contributed by atoms with Crippen LogP contribution < -0.4 is 5.73 Å². The fourth-order valence-corrected chi connectivity index (χ4v) is 2.40. The van der Waals surface area contributed by atoms with E-state index < -0.39 is 5.54 Å². The largest absolute Gasteiger partial charge is 0.339 e. The molecule has 16 heavy (non-hydrogen) atoms. The van der Waals surface area contributed by atoms with Crippen molar-refractivity contribution in [1.29, 1.82) is 0 Å². The summed E-state index contributed by atoms with van der Waals surface area (Å²) < 4.78 is 0. The maximum absolute atomic E-state index is 12.1. The number of piperazine rings is 1. The standard InChI is InChI=1S/C12H21N3O/c1-2-6-14-7-9-15(10-8-14)11(16)12(13)4-3-5-12/h2H,1,3-10,13H2. The summed E-state index contributed by atoms with van der Waals surface area (Å²) in [7, 11) is 0. The van der Waals surface area contributed by atoms with E-state index in [0.29, 0.717) is 0 Å². The van der Waals surface area contributed by atoms with Gasteiger partial charge in [0.05, 0.1) is 5.54 Å². The van der Waals surface area contributed by atoms with Crippen molar-refractivity contribution in [2.75, 3.05) is 32.7 Å². The Bertz CT molecular complexity index is 278. The van der Waals surface area contributed by atoms with Gasteiger partial charge in [0, 0.05) is 32.7 Å². The molecule has 2 rings (SSSR count). The third kappa shape index (κ3) is 2.13. The first-order valence-corrected chi connectivity index (χ1v) is 6.07. The first kappa shape index (κ1) is 11.6. The molecule has 1 amide bonds. The third-order valence-corrected chi connectivity index (χ3v) is 3.72. The van der Waals surface area contributed by atoms with Gasteiger partial charge in [-0.25, -0.2) is 0 Å². The highest BCUT2D eigenvalue weighted by Gasteiger charge is 2.43. The van der Waals surface area contributed by atoms with Crippen molar-refractivity contribution in [3.05, 3.63) is 12.7 Å². The van der Waals surface area contributed by atoms with Crippen LogP contribution >= 0.6 is 0 Å². The molecule has 2 aliphatic rings. The number of hydrogen-bond acceptors (Lipinski definition) is 3. The van der Waals surface area contributed by atoms with Gasteiger partial charge in [-0.05, 0) is 19.3 Å². The van der Waals surface area contributed by atoms with Gasteiger partial charge >= 0.3 is 0 Å². The highest BCUT2D eigenvalue weighted by molar-refractivity contribution is 5.87. The lowest BCUT2D eigenvalue weighted by Gasteiger charge is -2.43. The van der Waals surface area contributed by atoms with Gasteiger partial charge in [-0.3, -0.25) is 9.69 Å². The molecule has 0 spiro atoms. The van der Waals surface area contributed by atoms with Crippen LogP contribution in [0.3, 0.4) is 0 Å². The molecule has 0 bridgehead atoms. The van der Waals surface area contributed by atoms with Crippen LogP contribution in [0.2, 0.25) is 0 Å². The van der Waals surface area contributed by atoms with E-state index in [1.165, 1.54) is 0 Å². The van der Waals surface area contributed by atoms with Gasteiger partial charge < -0.3 is 10.6 Å². The quantitative estimate of drug-likeness (QED) is 0.695. The van der Waals surface area contributed by atoms with E-state index >= 15 is 0 Å². The number of carbonyl (C=O) groups is 1. The molecule has 0 aromatic rings. The van der Waals surface area contributed by atoms with Crippen LogP contribution in [0.1, 0.15) is 19.3 Å². The minimum atomic E-state index is -0.527. The van der Waals surface area contributed by atoms with Crippen molar-refractivity contribution in [3.63, 3.8) is 0 Å². The second-order valence-corrected chi connectivity index (χ2v) is 4.89. The van der Waals surface area contributed by atoms with Crippen LogP contribution in [-0.2, 0) is 4.79 Å². The van der Waals surface area contributed by atoms with Crippen LogP contribution in [-0.4, -0.2) is 54.0 Å². The lowest BCUT2D eigenvalue weighted by atomic mass is 9.76. The predicted octanol–water partition coefficient (Wildman–Crippen LogP) is 0.198. The SMILES string of the molecule is C=CCN1CCN(C(=O)C2(N)CCC2)CC1. The predicted molar refractivity (Wildman–Crippen MR) is 64.0 cm³/mol. The summed E-state index contributed by atoms with van der Waals surface area (Å²) in [5, 5.41) is 0. The molecule has 0 aromatic carbocycles. The Hall–Kier alpha value is -0.870. The van der Waals surface area contributed by atoms with E-state index in [9.17, 15) is 4.79 Å². The summed E-state index contributed by atoms with van der Waals surface area (Å²) >= 11 is 0. The van der Waals surface area contributed by atoms with Crippen molar-refractivity contribution in [2.45, 2.75) is 24.8 Å². The van der Waals surface area contributed by atoms with E-state index in [1.807, 2.05) is 11.0 Å². The molecule has 90 valence electrons. The molecule has 0 aromatic heterocycles. The zero-order valence-corrected chi connectivity index (χ0v) is 9.82. The molecule has 2 fully saturated rings. The Morgan fingerprint density at radius 2 is 1.94 bits per heavy atom. The number of amides is 1. The summed E-state index contributed by atoms with van der Waals surface area (Å²) in [6.07, 6.45) is 4.73. The smallest absolute Gasteiger partial charge is 0.242 e. The van der Waals surface area contributed by atoms with Crippen LogP contribution in [0.4, 0.5) is 0 Å². The summed E-state index contributed by atoms with van der Waals surface area (Å²) in [6, 6.07) is 0. The highest BCUT2D eigenvalue weighted by atomic mass is 16.2. The van der Waals surface area contributed by atoms with Crippen LogP contribution in [0.5, 0.6) is 0 Å². The number of nitrogens with zero attached hydrogens (tertiary/aromatic N) is 2. The van der Waals surface area contributed by atoms with Crippen molar-refractivity contribution in [3.8, 4) is 0 Å². The van der Waals surface area contributed by atoms with Gasteiger partial charge in [0.2, 0.25) is 5.91 Å². The number of hydrogen-bond donors (Lipinski definition) is 1. The molecule has 1 saturated heterocycles. The first-order valence-electron chi connectivity index (χ1n) is 6.07. The van der Waals surface area contributed by atoms with E-state index in [1.54, 1.807) is 0 Å². The molecule has 0 unspecified atom stereocenters. The van der Waals surface area contributed by atoms with Gasteiger partial charge in [0.25, 0.3) is 0 Å². The Morgan fingerprint density at radius 3 is 2.38 bits per heavy atom. The zero-order chi connectivity index (χ0) is 11.6. The van der Waals surface area contributed by atoms with Gasteiger partial charge in [0.1, 0.15) is 0 Å². The van der Waals surface area contributed by atoms with E-state index in [-0.39, 0.29) is 5.91 Å². The molecule has 1 aliphatic heterocycles. The second-order valence-electron chi connectivity index (χ2n) is 4.89. The molecular formula is C12H21N3O. The van der Waals surface area contributed by atoms with Crippen LogP contribution in [0.25, 0.3) is 0 Å². The fraction of sp³-hybridized carbons (Fsp3) is 0.750. The van der Waals surface area contributed by atoms with Crippen LogP contribution in [0.15, 0.2) is 12.7 Å². The summed E-state index contributed by atoms with van der Waals surface area (Å²) in [6.45, 7) is 8.14. The molecule has 2 N–H and O–H groups in total. The molecule has 1 aliphatic carbocycles. The molecule has 0 atom stereocenters. The average Bonchev–Trinajstić information content (AvgIpc) is 2.26. The summed E-state index contributed by atoms with van der Waals surface area (Å²) in [5.41, 5.74) is 5.52. The maximum Gasteiger partial charge on any atom is 0.242 e. The minimum absolute atomic E-state index is 0.164. The van der Waals surface area contributed by atoms with Gasteiger partial charge in [-0.15, -0.1) is 6.58 Å². The van der Waals surface area contributed by atoms with Gasteiger partial charge in [-0.1, -0.05) is 6.08 Å². The summed E-state index contributed by atoms with van der Waals surface area (Å²) in [5.74, 6) is 0.164. The number of rotatable bonds is 3. The average molecular weight is 223 g/mol. The highest BCUT2D eigenvalue weighted by Crippen LogP contribution is 2.31. The monoisotopic (exact) mass is 223 g/mol. The molecular weight excluding hydrogens is 202 g/mol. The van der Waals surface area contributed by atoms with E-state index in [4.69, 9.17) is 5.73 Å². The summed E-state index contributed by atoms with van der Waals surface area (Å²) in [4.78, 5) is 16.4. The topological polar surface area (TPSA) is 49.6 Å². The minimum Gasteiger partial charge on any atom is -0.339 e. The Balaban J connectivity index is 1.84. The number of carbonyl (C=O) groups excluding carboxylic acids is 1. The lowest BCUT2D eigenvalue weighted by molar-refractivity contribution is -0.141. The van der Waals surface area contributed by atoms with Crippen molar-refractivity contribution >= 4 is 5.91 Å². The first-order chi connectivity index (χ1) is 7.65. The molecule has 0 radical (unpaired) electrons.